The van der Waals surface area contributed by atoms with Gasteiger partial charge in [0.1, 0.15) is 0 Å². The summed E-state index contributed by atoms with van der Waals surface area (Å²) in [7, 11) is 0. The van der Waals surface area contributed by atoms with E-state index in [1.165, 1.54) is 0 Å². The average Bonchev–Trinajstić information content (AvgIpc) is 2.88. The molecular formula is C13H16ClNO4. The van der Waals surface area contributed by atoms with Crippen LogP contribution in [0.5, 0.6) is 0 Å². The summed E-state index contributed by atoms with van der Waals surface area (Å²) < 4.78 is 15.8. The lowest BCUT2D eigenvalue weighted by Gasteiger charge is -2.17. The standard InChI is InChI=1S/C13H16ClNO4/c1-3-17-12(16)8-6-7(2)9(10(14)11(8)15)13-18-4-5-19-13/h6,13H,3-5,15H2,1-2H3. The first kappa shape index (κ1) is 14.1. The zero-order valence-corrected chi connectivity index (χ0v) is 11.6. The van der Waals surface area contributed by atoms with E-state index in [4.69, 9.17) is 31.5 Å². The predicted molar refractivity (Wildman–Crippen MR) is 71.2 cm³/mol. The van der Waals surface area contributed by atoms with Gasteiger partial charge in [0.05, 0.1) is 36.1 Å². The minimum Gasteiger partial charge on any atom is -0.462 e. The molecule has 1 aromatic rings. The molecule has 104 valence electrons. The van der Waals surface area contributed by atoms with Crippen LogP contribution in [0.25, 0.3) is 0 Å². The van der Waals surface area contributed by atoms with Crippen LogP contribution in [0.3, 0.4) is 0 Å². The van der Waals surface area contributed by atoms with Gasteiger partial charge in [-0.3, -0.25) is 0 Å². The summed E-state index contributed by atoms with van der Waals surface area (Å²) in [4.78, 5) is 11.8. The zero-order valence-electron chi connectivity index (χ0n) is 10.9. The van der Waals surface area contributed by atoms with Gasteiger partial charge >= 0.3 is 5.97 Å². The highest BCUT2D eigenvalue weighted by Crippen LogP contribution is 2.37. The number of nitrogens with two attached hydrogens (primary N) is 1. The highest BCUT2D eigenvalue weighted by molar-refractivity contribution is 6.34. The van der Waals surface area contributed by atoms with Gasteiger partial charge in [0, 0.05) is 5.56 Å². The first-order valence-electron chi connectivity index (χ1n) is 6.05. The molecule has 0 spiro atoms. The lowest BCUT2D eigenvalue weighted by molar-refractivity contribution is -0.0444. The van der Waals surface area contributed by atoms with E-state index in [9.17, 15) is 4.79 Å². The maximum absolute atomic E-state index is 11.8. The number of esters is 1. The molecule has 1 heterocycles. The zero-order chi connectivity index (χ0) is 14.0. The van der Waals surface area contributed by atoms with Crippen molar-refractivity contribution in [2.45, 2.75) is 20.1 Å². The summed E-state index contributed by atoms with van der Waals surface area (Å²) in [5, 5.41) is 0.287. The number of halogens is 1. The SMILES string of the molecule is CCOC(=O)c1cc(C)c(C2OCCO2)c(Cl)c1N. The van der Waals surface area contributed by atoms with Gasteiger partial charge in [-0.25, -0.2) is 4.79 Å². The molecule has 0 bridgehead atoms. The van der Waals surface area contributed by atoms with Crippen molar-refractivity contribution < 1.29 is 19.0 Å². The summed E-state index contributed by atoms with van der Waals surface area (Å²) in [6, 6.07) is 1.65. The third-order valence-electron chi connectivity index (χ3n) is 2.90. The third kappa shape index (κ3) is 2.68. The van der Waals surface area contributed by atoms with Crippen LogP contribution in [0.15, 0.2) is 6.07 Å². The fourth-order valence-corrected chi connectivity index (χ4v) is 2.34. The highest BCUT2D eigenvalue weighted by atomic mass is 35.5. The van der Waals surface area contributed by atoms with E-state index in [0.717, 1.165) is 5.56 Å². The fourth-order valence-electron chi connectivity index (χ4n) is 2.00. The second-order valence-corrected chi connectivity index (χ2v) is 4.55. The molecule has 0 unspecified atom stereocenters. The van der Waals surface area contributed by atoms with Crippen LogP contribution in [-0.2, 0) is 14.2 Å². The van der Waals surface area contributed by atoms with E-state index in [-0.39, 0.29) is 22.9 Å². The molecule has 0 saturated carbocycles. The number of nitrogen functional groups attached to an aromatic ring is 1. The van der Waals surface area contributed by atoms with Crippen molar-refractivity contribution in [1.29, 1.82) is 0 Å². The second kappa shape index (κ2) is 5.77. The lowest BCUT2D eigenvalue weighted by atomic mass is 10.0. The van der Waals surface area contributed by atoms with Crippen molar-refractivity contribution >= 4 is 23.3 Å². The number of hydrogen-bond acceptors (Lipinski definition) is 5. The van der Waals surface area contributed by atoms with Gasteiger partial charge in [-0.2, -0.15) is 0 Å². The van der Waals surface area contributed by atoms with E-state index in [1.807, 2.05) is 6.92 Å². The van der Waals surface area contributed by atoms with Crippen LogP contribution in [0.4, 0.5) is 5.69 Å². The van der Waals surface area contributed by atoms with E-state index >= 15 is 0 Å². The summed E-state index contributed by atoms with van der Waals surface area (Å²) >= 11 is 6.24. The Morgan fingerprint density at radius 2 is 2.16 bits per heavy atom. The van der Waals surface area contributed by atoms with Crippen molar-refractivity contribution in [2.75, 3.05) is 25.6 Å². The molecule has 2 N–H and O–H groups in total. The molecule has 2 rings (SSSR count). The predicted octanol–water partition coefficient (Wildman–Crippen LogP) is 2.45. The molecule has 1 fully saturated rings. The van der Waals surface area contributed by atoms with Gasteiger partial charge in [0.25, 0.3) is 0 Å². The number of carbonyl (C=O) groups excluding carboxylic acids is 1. The van der Waals surface area contributed by atoms with Crippen LogP contribution in [0, 0.1) is 6.92 Å². The number of ether oxygens (including phenoxy) is 3. The van der Waals surface area contributed by atoms with E-state index in [1.54, 1.807) is 13.0 Å². The Morgan fingerprint density at radius 1 is 1.53 bits per heavy atom. The van der Waals surface area contributed by atoms with Crippen molar-refractivity contribution in [3.8, 4) is 0 Å². The molecule has 0 amide bonds. The molecule has 1 aromatic carbocycles. The molecule has 0 radical (unpaired) electrons. The van der Waals surface area contributed by atoms with Gasteiger partial charge in [-0.05, 0) is 25.5 Å². The van der Waals surface area contributed by atoms with E-state index in [0.29, 0.717) is 18.8 Å². The molecule has 1 aliphatic rings. The van der Waals surface area contributed by atoms with E-state index < -0.39 is 12.3 Å². The van der Waals surface area contributed by atoms with Crippen LogP contribution < -0.4 is 5.73 Å². The van der Waals surface area contributed by atoms with Gasteiger partial charge < -0.3 is 19.9 Å². The van der Waals surface area contributed by atoms with Gasteiger partial charge in [0.2, 0.25) is 0 Å². The van der Waals surface area contributed by atoms with Crippen molar-refractivity contribution in [3.05, 3.63) is 27.8 Å². The number of benzene rings is 1. The van der Waals surface area contributed by atoms with Gasteiger partial charge in [-0.1, -0.05) is 11.6 Å². The van der Waals surface area contributed by atoms with Crippen molar-refractivity contribution in [2.24, 2.45) is 0 Å². The van der Waals surface area contributed by atoms with Crippen LogP contribution in [0.2, 0.25) is 5.02 Å². The number of carbonyl (C=O) groups is 1. The molecule has 1 aliphatic heterocycles. The minimum absolute atomic E-state index is 0.194. The fraction of sp³-hybridized carbons (Fsp3) is 0.462. The lowest BCUT2D eigenvalue weighted by Crippen LogP contribution is -2.12. The Balaban J connectivity index is 2.43. The summed E-state index contributed by atoms with van der Waals surface area (Å²) in [6.45, 7) is 4.87. The molecule has 0 aliphatic carbocycles. The van der Waals surface area contributed by atoms with Crippen molar-refractivity contribution in [1.82, 2.24) is 0 Å². The Hall–Kier alpha value is -1.30. The maximum Gasteiger partial charge on any atom is 0.340 e. The number of hydrogen-bond donors (Lipinski definition) is 1. The first-order chi connectivity index (χ1) is 9.06. The molecule has 0 aromatic heterocycles. The molecule has 1 saturated heterocycles. The van der Waals surface area contributed by atoms with E-state index in [2.05, 4.69) is 0 Å². The van der Waals surface area contributed by atoms with Crippen LogP contribution in [-0.4, -0.2) is 25.8 Å². The third-order valence-corrected chi connectivity index (χ3v) is 3.31. The Labute approximate surface area is 116 Å². The van der Waals surface area contributed by atoms with Gasteiger partial charge in [-0.15, -0.1) is 0 Å². The second-order valence-electron chi connectivity index (χ2n) is 4.18. The maximum atomic E-state index is 11.8. The summed E-state index contributed by atoms with van der Waals surface area (Å²) in [6.07, 6.45) is -0.522. The van der Waals surface area contributed by atoms with Gasteiger partial charge in [0.15, 0.2) is 6.29 Å². The van der Waals surface area contributed by atoms with Crippen molar-refractivity contribution in [3.63, 3.8) is 0 Å². The topological polar surface area (TPSA) is 70.8 Å². The molecular weight excluding hydrogens is 270 g/mol. The quantitative estimate of drug-likeness (QED) is 0.682. The summed E-state index contributed by atoms with van der Waals surface area (Å²) in [5.74, 6) is -0.482. The molecule has 0 atom stereocenters. The summed E-state index contributed by atoms with van der Waals surface area (Å²) in [5.41, 5.74) is 7.83. The highest BCUT2D eigenvalue weighted by Gasteiger charge is 2.27. The Bertz CT molecular complexity index is 498. The number of anilines is 1. The monoisotopic (exact) mass is 285 g/mol. The Kier molecular flexibility index (Phi) is 4.29. The Morgan fingerprint density at radius 3 is 2.74 bits per heavy atom. The van der Waals surface area contributed by atoms with Crippen LogP contribution in [0.1, 0.15) is 34.7 Å². The normalized spacial score (nSPS) is 15.7. The largest absolute Gasteiger partial charge is 0.462 e. The van der Waals surface area contributed by atoms with Crippen LogP contribution >= 0.6 is 11.6 Å². The molecule has 19 heavy (non-hydrogen) atoms. The molecule has 6 heteroatoms. The number of aryl methyl sites for hydroxylation is 1. The molecule has 5 nitrogen and oxygen atoms in total. The number of rotatable bonds is 3. The smallest absolute Gasteiger partial charge is 0.340 e. The first-order valence-corrected chi connectivity index (χ1v) is 6.42. The minimum atomic E-state index is -0.522. The average molecular weight is 286 g/mol.